The van der Waals surface area contributed by atoms with E-state index in [1.54, 1.807) is 24.3 Å². The van der Waals surface area contributed by atoms with Crippen molar-refractivity contribution in [3.63, 3.8) is 0 Å². The molecular formula is C28H26N4O2S2. The number of amides is 2. The first kappa shape index (κ1) is 24.2. The molecule has 5 rings (SSSR count). The predicted molar refractivity (Wildman–Crippen MR) is 143 cm³/mol. The van der Waals surface area contributed by atoms with Gasteiger partial charge in [-0.1, -0.05) is 18.9 Å². The SMILES string of the molecule is N#Cc1c(NC(=O)c2cccc(C(=O)Nc3sc4c(c3C#N)CCCCC4)c2)sc2c1CCCCC2. The van der Waals surface area contributed by atoms with Crippen LogP contribution in [0.4, 0.5) is 10.0 Å². The van der Waals surface area contributed by atoms with Gasteiger partial charge in [0, 0.05) is 20.9 Å². The Morgan fingerprint density at radius 1 is 0.694 bits per heavy atom. The van der Waals surface area contributed by atoms with Crippen LogP contribution in [0.3, 0.4) is 0 Å². The second-order valence-corrected chi connectivity index (χ2v) is 11.5. The first-order chi connectivity index (χ1) is 17.6. The highest BCUT2D eigenvalue weighted by Crippen LogP contribution is 2.38. The average Bonchev–Trinajstić information content (AvgIpc) is 3.14. The van der Waals surface area contributed by atoms with Crippen molar-refractivity contribution in [2.75, 3.05) is 10.6 Å². The summed E-state index contributed by atoms with van der Waals surface area (Å²) in [7, 11) is 0. The first-order valence-electron chi connectivity index (χ1n) is 12.4. The molecule has 0 unspecified atom stereocenters. The number of hydrogen-bond donors (Lipinski definition) is 2. The van der Waals surface area contributed by atoms with Gasteiger partial charge in [-0.2, -0.15) is 10.5 Å². The molecule has 3 aromatic rings. The van der Waals surface area contributed by atoms with E-state index in [9.17, 15) is 20.1 Å². The van der Waals surface area contributed by atoms with E-state index in [-0.39, 0.29) is 11.8 Å². The molecule has 2 N–H and O–H groups in total. The predicted octanol–water partition coefficient (Wildman–Crippen LogP) is 6.60. The Balaban J connectivity index is 1.34. The molecule has 0 saturated carbocycles. The number of hydrogen-bond acceptors (Lipinski definition) is 6. The van der Waals surface area contributed by atoms with Gasteiger partial charge in [0.25, 0.3) is 11.8 Å². The van der Waals surface area contributed by atoms with Crippen molar-refractivity contribution < 1.29 is 9.59 Å². The van der Waals surface area contributed by atoms with Crippen molar-refractivity contribution in [2.45, 2.75) is 64.2 Å². The molecule has 8 heteroatoms. The van der Waals surface area contributed by atoms with Gasteiger partial charge in [0.1, 0.15) is 22.1 Å². The highest BCUT2D eigenvalue weighted by Gasteiger charge is 2.23. The van der Waals surface area contributed by atoms with Gasteiger partial charge in [0.2, 0.25) is 0 Å². The summed E-state index contributed by atoms with van der Waals surface area (Å²) in [6.07, 6.45) is 10.3. The van der Waals surface area contributed by atoms with Crippen LogP contribution in [0.25, 0.3) is 0 Å². The Labute approximate surface area is 218 Å². The molecule has 2 aliphatic carbocycles. The zero-order valence-electron chi connectivity index (χ0n) is 19.9. The first-order valence-corrected chi connectivity index (χ1v) is 14.0. The van der Waals surface area contributed by atoms with Gasteiger partial charge in [-0.05, 0) is 80.7 Å². The zero-order valence-corrected chi connectivity index (χ0v) is 21.5. The third-order valence-electron chi connectivity index (χ3n) is 6.91. The highest BCUT2D eigenvalue weighted by atomic mass is 32.1. The van der Waals surface area contributed by atoms with E-state index in [4.69, 9.17) is 0 Å². The van der Waals surface area contributed by atoms with Crippen molar-refractivity contribution in [2.24, 2.45) is 0 Å². The molecule has 2 amide bonds. The molecule has 1 aromatic carbocycles. The maximum absolute atomic E-state index is 13.1. The number of benzene rings is 1. The number of anilines is 2. The summed E-state index contributed by atoms with van der Waals surface area (Å²) in [5.74, 6) is -0.698. The lowest BCUT2D eigenvalue weighted by Crippen LogP contribution is -2.15. The van der Waals surface area contributed by atoms with E-state index in [0.29, 0.717) is 32.3 Å². The molecule has 6 nitrogen and oxygen atoms in total. The summed E-state index contributed by atoms with van der Waals surface area (Å²) in [5, 5.41) is 26.5. The third kappa shape index (κ3) is 4.80. The quantitative estimate of drug-likeness (QED) is 0.383. The fourth-order valence-corrected chi connectivity index (χ4v) is 7.52. The fourth-order valence-electron chi connectivity index (χ4n) is 5.05. The molecule has 182 valence electrons. The molecule has 2 aromatic heterocycles. The Morgan fingerprint density at radius 2 is 1.14 bits per heavy atom. The minimum Gasteiger partial charge on any atom is -0.312 e. The largest absolute Gasteiger partial charge is 0.312 e. The molecule has 0 radical (unpaired) electrons. The third-order valence-corrected chi connectivity index (χ3v) is 9.32. The summed E-state index contributed by atoms with van der Waals surface area (Å²) >= 11 is 2.98. The van der Waals surface area contributed by atoms with E-state index in [0.717, 1.165) is 75.3 Å². The van der Waals surface area contributed by atoms with Crippen LogP contribution in [-0.4, -0.2) is 11.8 Å². The minimum absolute atomic E-state index is 0.345. The van der Waals surface area contributed by atoms with Gasteiger partial charge in [-0.25, -0.2) is 0 Å². The molecule has 0 atom stereocenters. The maximum atomic E-state index is 13.1. The van der Waals surface area contributed by atoms with Crippen molar-refractivity contribution in [1.29, 1.82) is 10.5 Å². The van der Waals surface area contributed by atoms with E-state index in [2.05, 4.69) is 22.8 Å². The molecule has 0 bridgehead atoms. The average molecular weight is 515 g/mol. The standard InChI is InChI=1S/C28H26N4O2S2/c29-15-21-19-10-3-1-5-12-23(19)35-27(21)31-25(33)17-8-7-9-18(14-17)26(34)32-28-22(16-30)20-11-4-2-6-13-24(20)36-28/h7-9,14H,1-6,10-13H2,(H,31,33)(H,32,34). The molecule has 2 aliphatic rings. The number of aryl methyl sites for hydroxylation is 2. The van der Waals surface area contributed by atoms with Crippen LogP contribution < -0.4 is 10.6 Å². The Morgan fingerprint density at radius 3 is 1.58 bits per heavy atom. The van der Waals surface area contributed by atoms with Crippen molar-refractivity contribution in [1.82, 2.24) is 0 Å². The van der Waals surface area contributed by atoms with Crippen LogP contribution in [0.2, 0.25) is 0 Å². The van der Waals surface area contributed by atoms with Gasteiger partial charge in [0.15, 0.2) is 0 Å². The minimum atomic E-state index is -0.349. The number of carbonyl (C=O) groups excluding carboxylic acids is 2. The van der Waals surface area contributed by atoms with Gasteiger partial charge in [-0.15, -0.1) is 22.7 Å². The van der Waals surface area contributed by atoms with Crippen LogP contribution in [0.5, 0.6) is 0 Å². The molecule has 2 heterocycles. The highest BCUT2D eigenvalue weighted by molar-refractivity contribution is 7.17. The number of nitrogens with zero attached hydrogens (tertiary/aromatic N) is 2. The normalized spacial score (nSPS) is 14.8. The van der Waals surface area contributed by atoms with Gasteiger partial charge < -0.3 is 10.6 Å². The lowest BCUT2D eigenvalue weighted by Gasteiger charge is -2.07. The van der Waals surface area contributed by atoms with E-state index < -0.39 is 0 Å². The monoisotopic (exact) mass is 514 g/mol. The topological polar surface area (TPSA) is 106 Å². The number of rotatable bonds is 4. The van der Waals surface area contributed by atoms with Crippen LogP contribution in [0.15, 0.2) is 24.3 Å². The molecule has 0 aliphatic heterocycles. The van der Waals surface area contributed by atoms with Crippen LogP contribution in [0, 0.1) is 22.7 Å². The van der Waals surface area contributed by atoms with Crippen molar-refractivity contribution >= 4 is 44.5 Å². The van der Waals surface area contributed by atoms with E-state index >= 15 is 0 Å². The van der Waals surface area contributed by atoms with Crippen LogP contribution in [0.1, 0.15) is 91.2 Å². The molecule has 0 saturated heterocycles. The smallest absolute Gasteiger partial charge is 0.256 e. The maximum Gasteiger partial charge on any atom is 0.256 e. The number of nitrogens with one attached hydrogen (secondary N) is 2. The second kappa shape index (κ2) is 10.7. The van der Waals surface area contributed by atoms with Gasteiger partial charge in [0.05, 0.1) is 11.1 Å². The summed E-state index contributed by atoms with van der Waals surface area (Å²) in [6, 6.07) is 11.1. The molecule has 0 spiro atoms. The number of thiophene rings is 2. The summed E-state index contributed by atoms with van der Waals surface area (Å²) in [4.78, 5) is 28.5. The zero-order chi connectivity index (χ0) is 25.1. The van der Waals surface area contributed by atoms with E-state index in [1.807, 2.05) is 0 Å². The van der Waals surface area contributed by atoms with E-state index in [1.165, 1.54) is 32.4 Å². The summed E-state index contributed by atoms with van der Waals surface area (Å²) < 4.78 is 0. The molecular weight excluding hydrogens is 488 g/mol. The summed E-state index contributed by atoms with van der Waals surface area (Å²) in [5.41, 5.74) is 3.98. The fraction of sp³-hybridized carbons (Fsp3) is 0.357. The Kier molecular flexibility index (Phi) is 7.18. The lowest BCUT2D eigenvalue weighted by molar-refractivity contribution is 0.102. The van der Waals surface area contributed by atoms with Gasteiger partial charge >= 0.3 is 0 Å². The molecule has 36 heavy (non-hydrogen) atoms. The lowest BCUT2D eigenvalue weighted by atomic mass is 10.1. The number of fused-ring (bicyclic) bond motifs is 2. The Hall–Kier alpha value is -3.46. The van der Waals surface area contributed by atoms with Crippen molar-refractivity contribution in [3.8, 4) is 12.1 Å². The summed E-state index contributed by atoms with van der Waals surface area (Å²) in [6.45, 7) is 0. The second-order valence-electron chi connectivity index (χ2n) is 9.25. The van der Waals surface area contributed by atoms with Gasteiger partial charge in [-0.3, -0.25) is 9.59 Å². The molecule has 0 fully saturated rings. The number of carbonyl (C=O) groups is 2. The van der Waals surface area contributed by atoms with Crippen LogP contribution in [-0.2, 0) is 25.7 Å². The Bertz CT molecular complexity index is 1320. The number of nitriles is 2. The van der Waals surface area contributed by atoms with Crippen molar-refractivity contribution in [3.05, 3.63) is 67.4 Å². The van der Waals surface area contributed by atoms with Crippen LogP contribution >= 0.6 is 22.7 Å².